The van der Waals surface area contributed by atoms with E-state index >= 15 is 0 Å². The number of nitrogens with zero attached hydrogens (tertiary/aromatic N) is 1. The van der Waals surface area contributed by atoms with Gasteiger partial charge in [-0.05, 0) is 19.1 Å². The van der Waals surface area contributed by atoms with Crippen molar-refractivity contribution in [3.63, 3.8) is 0 Å². The molecule has 0 unspecified atom stereocenters. The van der Waals surface area contributed by atoms with E-state index in [1.807, 2.05) is 12.1 Å². The molecule has 2 N–H and O–H groups in total. The molecule has 1 atom stereocenters. The van der Waals surface area contributed by atoms with Crippen molar-refractivity contribution < 1.29 is 9.53 Å². The van der Waals surface area contributed by atoms with E-state index in [1.54, 1.807) is 31.0 Å². The first-order valence-corrected chi connectivity index (χ1v) is 5.78. The van der Waals surface area contributed by atoms with Gasteiger partial charge in [0.1, 0.15) is 12.4 Å². The number of ether oxygens (including phenoxy) is 1. The number of benzene rings is 1. The first kappa shape index (κ1) is 17.0. The van der Waals surface area contributed by atoms with Crippen molar-refractivity contribution in [1.82, 2.24) is 4.90 Å². The smallest absolute Gasteiger partial charge is 0.239 e. The average molecular weight is 293 g/mol. The van der Waals surface area contributed by atoms with Crippen molar-refractivity contribution in [3.8, 4) is 5.75 Å². The molecule has 0 spiro atoms. The minimum absolute atomic E-state index is 0. The standard InChI is InChI=1S/C12H17ClN2O2.ClH/c1-9(14)12(16)15(2)7-8-17-11-6-4-3-5-10(11)13;/h3-6,9H,7-8,14H2,1-2H3;1H/t9-;/m0./s1. The molecule has 0 aliphatic carbocycles. The Bertz CT molecular complexity index is 386. The summed E-state index contributed by atoms with van der Waals surface area (Å²) in [5.74, 6) is 0.517. The third-order valence-electron chi connectivity index (χ3n) is 2.29. The third-order valence-corrected chi connectivity index (χ3v) is 2.60. The zero-order valence-electron chi connectivity index (χ0n) is 10.4. The van der Waals surface area contributed by atoms with E-state index in [9.17, 15) is 4.79 Å². The van der Waals surface area contributed by atoms with Gasteiger partial charge in [-0.3, -0.25) is 4.79 Å². The van der Waals surface area contributed by atoms with Gasteiger partial charge in [0.15, 0.2) is 0 Å². The van der Waals surface area contributed by atoms with Crippen LogP contribution in [-0.4, -0.2) is 37.0 Å². The number of carbonyl (C=O) groups is 1. The summed E-state index contributed by atoms with van der Waals surface area (Å²) in [6, 6.07) is 6.74. The van der Waals surface area contributed by atoms with Gasteiger partial charge >= 0.3 is 0 Å². The minimum Gasteiger partial charge on any atom is -0.490 e. The molecule has 18 heavy (non-hydrogen) atoms. The summed E-state index contributed by atoms with van der Waals surface area (Å²) in [4.78, 5) is 13.0. The first-order chi connectivity index (χ1) is 8.02. The van der Waals surface area contributed by atoms with Gasteiger partial charge in [0, 0.05) is 7.05 Å². The second-order valence-corrected chi connectivity index (χ2v) is 4.23. The van der Waals surface area contributed by atoms with Crippen LogP contribution in [0.4, 0.5) is 0 Å². The normalized spacial score (nSPS) is 11.3. The predicted octanol–water partition coefficient (Wildman–Crippen LogP) is 1.95. The highest BCUT2D eigenvalue weighted by Crippen LogP contribution is 2.22. The van der Waals surface area contributed by atoms with Gasteiger partial charge < -0.3 is 15.4 Å². The number of hydrogen-bond donors (Lipinski definition) is 1. The molecule has 4 nitrogen and oxygen atoms in total. The lowest BCUT2D eigenvalue weighted by atomic mass is 10.3. The molecule has 0 saturated carbocycles. The number of halogens is 2. The van der Waals surface area contributed by atoms with Gasteiger partial charge in [0.25, 0.3) is 0 Å². The maximum absolute atomic E-state index is 11.5. The van der Waals surface area contributed by atoms with Crippen LogP contribution >= 0.6 is 24.0 Å². The number of hydrogen-bond acceptors (Lipinski definition) is 3. The maximum Gasteiger partial charge on any atom is 0.239 e. The van der Waals surface area contributed by atoms with Gasteiger partial charge in [-0.2, -0.15) is 0 Å². The molecule has 0 aliphatic rings. The molecule has 0 fully saturated rings. The summed E-state index contributed by atoms with van der Waals surface area (Å²) < 4.78 is 5.47. The Balaban J connectivity index is 0.00000289. The molecular formula is C12H18Cl2N2O2. The molecule has 1 aromatic rings. The van der Waals surface area contributed by atoms with Gasteiger partial charge in [-0.1, -0.05) is 23.7 Å². The Morgan fingerprint density at radius 3 is 2.67 bits per heavy atom. The lowest BCUT2D eigenvalue weighted by Gasteiger charge is -2.19. The van der Waals surface area contributed by atoms with Crippen LogP contribution in [0.2, 0.25) is 5.02 Å². The number of carbonyl (C=O) groups excluding carboxylic acids is 1. The second-order valence-electron chi connectivity index (χ2n) is 3.83. The first-order valence-electron chi connectivity index (χ1n) is 5.40. The molecule has 0 bridgehead atoms. The largest absolute Gasteiger partial charge is 0.490 e. The molecule has 1 amide bonds. The SMILES string of the molecule is C[C@H](N)C(=O)N(C)CCOc1ccccc1Cl.Cl. The molecule has 1 aromatic carbocycles. The van der Waals surface area contributed by atoms with E-state index in [4.69, 9.17) is 22.1 Å². The second kappa shape index (κ2) is 8.19. The summed E-state index contributed by atoms with van der Waals surface area (Å²) in [5.41, 5.74) is 5.49. The molecule has 102 valence electrons. The van der Waals surface area contributed by atoms with E-state index in [2.05, 4.69) is 0 Å². The van der Waals surface area contributed by atoms with Crippen LogP contribution in [0.25, 0.3) is 0 Å². The molecule has 0 aliphatic heterocycles. The Kier molecular flexibility index (Phi) is 7.75. The molecule has 1 rings (SSSR count). The monoisotopic (exact) mass is 292 g/mol. The third kappa shape index (κ3) is 5.12. The van der Waals surface area contributed by atoms with Crippen LogP contribution in [0.3, 0.4) is 0 Å². The minimum atomic E-state index is -0.486. The van der Waals surface area contributed by atoms with E-state index < -0.39 is 6.04 Å². The fourth-order valence-electron chi connectivity index (χ4n) is 1.31. The zero-order chi connectivity index (χ0) is 12.8. The number of para-hydroxylation sites is 1. The van der Waals surface area contributed by atoms with Gasteiger partial charge in [0.05, 0.1) is 17.6 Å². The van der Waals surface area contributed by atoms with Gasteiger partial charge in [-0.15, -0.1) is 12.4 Å². The van der Waals surface area contributed by atoms with Crippen LogP contribution in [0, 0.1) is 0 Å². The van der Waals surface area contributed by atoms with Crippen molar-refractivity contribution in [3.05, 3.63) is 29.3 Å². The molecule has 0 saturated heterocycles. The number of rotatable bonds is 5. The summed E-state index contributed by atoms with van der Waals surface area (Å²) in [7, 11) is 1.70. The van der Waals surface area contributed by atoms with E-state index in [-0.39, 0.29) is 18.3 Å². The Morgan fingerprint density at radius 2 is 2.11 bits per heavy atom. The Labute approximate surface area is 118 Å². The van der Waals surface area contributed by atoms with Crippen molar-refractivity contribution in [2.45, 2.75) is 13.0 Å². The summed E-state index contributed by atoms with van der Waals surface area (Å²) in [6.45, 7) is 2.53. The van der Waals surface area contributed by atoms with Gasteiger partial charge in [0.2, 0.25) is 5.91 Å². The van der Waals surface area contributed by atoms with Gasteiger partial charge in [-0.25, -0.2) is 0 Å². The lowest BCUT2D eigenvalue weighted by molar-refractivity contribution is -0.131. The van der Waals surface area contributed by atoms with Crippen molar-refractivity contribution in [1.29, 1.82) is 0 Å². The molecule has 0 heterocycles. The summed E-state index contributed by atoms with van der Waals surface area (Å²) in [6.07, 6.45) is 0. The van der Waals surface area contributed by atoms with E-state index in [0.717, 1.165) is 0 Å². The number of amides is 1. The average Bonchev–Trinajstić information content (AvgIpc) is 2.30. The number of nitrogens with two attached hydrogens (primary N) is 1. The highest BCUT2D eigenvalue weighted by molar-refractivity contribution is 6.32. The molecule has 6 heteroatoms. The quantitative estimate of drug-likeness (QED) is 0.902. The fraction of sp³-hybridized carbons (Fsp3) is 0.417. The van der Waals surface area contributed by atoms with E-state index in [0.29, 0.717) is 23.9 Å². The van der Waals surface area contributed by atoms with Crippen LogP contribution in [0.15, 0.2) is 24.3 Å². The highest BCUT2D eigenvalue weighted by atomic mass is 35.5. The zero-order valence-corrected chi connectivity index (χ0v) is 12.0. The summed E-state index contributed by atoms with van der Waals surface area (Å²) in [5, 5.41) is 0.564. The topological polar surface area (TPSA) is 55.6 Å². The van der Waals surface area contributed by atoms with Crippen LogP contribution in [0.1, 0.15) is 6.92 Å². The lowest BCUT2D eigenvalue weighted by Crippen LogP contribution is -2.41. The molecule has 0 radical (unpaired) electrons. The van der Waals surface area contributed by atoms with Crippen molar-refractivity contribution in [2.24, 2.45) is 5.73 Å². The molecular weight excluding hydrogens is 275 g/mol. The fourth-order valence-corrected chi connectivity index (χ4v) is 1.50. The van der Waals surface area contributed by atoms with Crippen LogP contribution in [-0.2, 0) is 4.79 Å². The Hall–Kier alpha value is -0.970. The van der Waals surface area contributed by atoms with Crippen LogP contribution < -0.4 is 10.5 Å². The van der Waals surface area contributed by atoms with Crippen molar-refractivity contribution >= 4 is 29.9 Å². The highest BCUT2D eigenvalue weighted by Gasteiger charge is 2.12. The van der Waals surface area contributed by atoms with Crippen LogP contribution in [0.5, 0.6) is 5.75 Å². The Morgan fingerprint density at radius 1 is 1.50 bits per heavy atom. The maximum atomic E-state index is 11.5. The predicted molar refractivity (Wildman–Crippen MR) is 75.5 cm³/mol. The van der Waals surface area contributed by atoms with E-state index in [1.165, 1.54) is 0 Å². The molecule has 0 aromatic heterocycles. The van der Waals surface area contributed by atoms with Crippen molar-refractivity contribution in [2.75, 3.05) is 20.2 Å². The summed E-state index contributed by atoms with van der Waals surface area (Å²) >= 11 is 5.93. The number of likely N-dealkylation sites (N-methyl/N-ethyl adjacent to an activating group) is 1.